The fourth-order valence-electron chi connectivity index (χ4n) is 3.53. The lowest BCUT2D eigenvalue weighted by molar-refractivity contribution is -0.146. The van der Waals surface area contributed by atoms with Gasteiger partial charge < -0.3 is 24.4 Å². The molecule has 0 spiro atoms. The molecule has 8 heteroatoms. The van der Waals surface area contributed by atoms with Gasteiger partial charge in [-0.15, -0.1) is 24.0 Å². The first-order valence-corrected chi connectivity index (χ1v) is 10.5. The van der Waals surface area contributed by atoms with Crippen molar-refractivity contribution in [1.82, 2.24) is 10.2 Å². The van der Waals surface area contributed by atoms with Crippen molar-refractivity contribution in [3.8, 4) is 11.5 Å². The van der Waals surface area contributed by atoms with Crippen molar-refractivity contribution < 1.29 is 19.0 Å². The molecule has 0 amide bonds. The molecular weight excluding hydrogens is 497 g/mol. The largest absolute Gasteiger partial charge is 0.493 e. The monoisotopic (exact) mass is 533 g/mol. The van der Waals surface area contributed by atoms with Gasteiger partial charge in [-0.1, -0.05) is 6.07 Å². The summed E-state index contributed by atoms with van der Waals surface area (Å²) in [5, 5.41) is 3.37. The first-order chi connectivity index (χ1) is 14.1. The molecule has 2 rings (SSSR count). The van der Waals surface area contributed by atoms with E-state index in [9.17, 15) is 4.79 Å². The van der Waals surface area contributed by atoms with Gasteiger partial charge in [-0.2, -0.15) is 0 Å². The third-order valence-electron chi connectivity index (χ3n) is 5.08. The molecule has 0 bridgehead atoms. The molecule has 0 radical (unpaired) electrons. The molecule has 0 atom stereocenters. The van der Waals surface area contributed by atoms with Gasteiger partial charge in [0.15, 0.2) is 17.5 Å². The molecule has 30 heavy (non-hydrogen) atoms. The summed E-state index contributed by atoms with van der Waals surface area (Å²) < 4.78 is 15.9. The highest BCUT2D eigenvalue weighted by molar-refractivity contribution is 14.0. The average molecular weight is 533 g/mol. The number of hydrogen-bond acceptors (Lipinski definition) is 5. The number of rotatable bonds is 9. The maximum Gasteiger partial charge on any atom is 0.308 e. The maximum atomic E-state index is 11.7. The molecule has 1 aliphatic heterocycles. The highest BCUT2D eigenvalue weighted by Gasteiger charge is 2.26. The van der Waals surface area contributed by atoms with Crippen LogP contribution < -0.4 is 14.8 Å². The number of guanidine groups is 1. The summed E-state index contributed by atoms with van der Waals surface area (Å²) in [6.45, 7) is 7.87. The van der Waals surface area contributed by atoms with Crippen LogP contribution in [-0.4, -0.2) is 63.8 Å². The number of ether oxygens (including phenoxy) is 3. The molecule has 1 fully saturated rings. The van der Waals surface area contributed by atoms with Crippen LogP contribution in [-0.2, 0) is 16.0 Å². The lowest BCUT2D eigenvalue weighted by Crippen LogP contribution is -2.46. The minimum Gasteiger partial charge on any atom is -0.493 e. The van der Waals surface area contributed by atoms with Gasteiger partial charge in [0.25, 0.3) is 0 Å². The zero-order valence-electron chi connectivity index (χ0n) is 18.6. The second-order valence-electron chi connectivity index (χ2n) is 7.04. The third-order valence-corrected chi connectivity index (χ3v) is 5.08. The van der Waals surface area contributed by atoms with Gasteiger partial charge in [-0.3, -0.25) is 9.79 Å². The van der Waals surface area contributed by atoms with Gasteiger partial charge in [-0.05, 0) is 57.2 Å². The number of carbonyl (C=O) groups excluding carboxylic acids is 1. The lowest BCUT2D eigenvalue weighted by Gasteiger charge is -2.33. The number of halogens is 1. The molecule has 1 saturated heterocycles. The molecule has 0 unspecified atom stereocenters. The number of carbonyl (C=O) groups is 1. The average Bonchev–Trinajstić information content (AvgIpc) is 2.76. The Balaban J connectivity index is 0.00000450. The van der Waals surface area contributed by atoms with Crippen LogP contribution in [0, 0.1) is 5.92 Å². The number of piperidine rings is 1. The number of aliphatic imine (C=N–C) groups is 1. The molecule has 0 saturated carbocycles. The van der Waals surface area contributed by atoms with Crippen LogP contribution in [0.2, 0.25) is 0 Å². The van der Waals surface area contributed by atoms with Gasteiger partial charge in [0.2, 0.25) is 0 Å². The maximum absolute atomic E-state index is 11.7. The molecule has 1 heterocycles. The van der Waals surface area contributed by atoms with Crippen LogP contribution >= 0.6 is 24.0 Å². The van der Waals surface area contributed by atoms with Crippen LogP contribution in [0.3, 0.4) is 0 Å². The second-order valence-corrected chi connectivity index (χ2v) is 7.04. The van der Waals surface area contributed by atoms with Crippen molar-refractivity contribution in [3.05, 3.63) is 23.8 Å². The summed E-state index contributed by atoms with van der Waals surface area (Å²) >= 11 is 0. The normalized spacial score (nSPS) is 14.7. The summed E-state index contributed by atoms with van der Waals surface area (Å²) in [6.07, 6.45) is 3.50. The van der Waals surface area contributed by atoms with Crippen molar-refractivity contribution >= 4 is 35.9 Å². The molecule has 1 aliphatic rings. The minimum absolute atomic E-state index is 0. The number of likely N-dealkylation sites (tertiary alicyclic amines) is 1. The number of benzene rings is 1. The number of esters is 1. The molecule has 1 aromatic carbocycles. The summed E-state index contributed by atoms with van der Waals surface area (Å²) in [5.41, 5.74) is 1.22. The van der Waals surface area contributed by atoms with E-state index in [1.807, 2.05) is 13.0 Å². The van der Waals surface area contributed by atoms with Crippen molar-refractivity contribution in [1.29, 1.82) is 0 Å². The molecule has 1 N–H and O–H groups in total. The van der Waals surface area contributed by atoms with E-state index in [4.69, 9.17) is 19.2 Å². The number of hydrogen-bond donors (Lipinski definition) is 1. The Labute approximate surface area is 197 Å². The summed E-state index contributed by atoms with van der Waals surface area (Å²) in [7, 11) is 3.11. The summed E-state index contributed by atoms with van der Waals surface area (Å²) in [4.78, 5) is 18.8. The summed E-state index contributed by atoms with van der Waals surface area (Å²) in [6, 6.07) is 6.09. The van der Waals surface area contributed by atoms with Gasteiger partial charge in [0.05, 0.1) is 26.7 Å². The van der Waals surface area contributed by atoms with Gasteiger partial charge in [0.1, 0.15) is 0 Å². The molecule has 0 aromatic heterocycles. The van der Waals surface area contributed by atoms with E-state index in [0.29, 0.717) is 6.61 Å². The van der Waals surface area contributed by atoms with Crippen LogP contribution in [0.5, 0.6) is 11.5 Å². The molecule has 7 nitrogen and oxygen atoms in total. The molecule has 0 aliphatic carbocycles. The number of nitrogens with zero attached hydrogens (tertiary/aromatic N) is 2. The number of nitrogens with one attached hydrogen (secondary N) is 1. The Morgan fingerprint density at radius 2 is 1.93 bits per heavy atom. The Morgan fingerprint density at radius 1 is 1.20 bits per heavy atom. The predicted molar refractivity (Wildman–Crippen MR) is 130 cm³/mol. The fraction of sp³-hybridized carbons (Fsp3) is 0.636. The third kappa shape index (κ3) is 7.85. The SMILES string of the molecule is CCNC(=NCCCc1ccc(OC)c(OCC)c1)N1CCC(C(=O)OC)CC1.I. The highest BCUT2D eigenvalue weighted by Crippen LogP contribution is 2.28. The first-order valence-electron chi connectivity index (χ1n) is 10.5. The van der Waals surface area contributed by atoms with E-state index in [2.05, 4.69) is 29.3 Å². The second kappa shape index (κ2) is 14.3. The Bertz CT molecular complexity index is 676. The lowest BCUT2D eigenvalue weighted by atomic mass is 9.97. The quantitative estimate of drug-likeness (QED) is 0.172. The fourth-order valence-corrected chi connectivity index (χ4v) is 3.53. The molecular formula is C22H36IN3O4. The van der Waals surface area contributed by atoms with Crippen LogP contribution in [0.25, 0.3) is 0 Å². The zero-order valence-corrected chi connectivity index (χ0v) is 20.9. The molecule has 1 aromatic rings. The van der Waals surface area contributed by atoms with E-state index in [0.717, 1.165) is 69.3 Å². The van der Waals surface area contributed by atoms with E-state index in [-0.39, 0.29) is 35.9 Å². The topological polar surface area (TPSA) is 72.4 Å². The zero-order chi connectivity index (χ0) is 21.1. The van der Waals surface area contributed by atoms with Crippen molar-refractivity contribution in [2.75, 3.05) is 47.0 Å². The van der Waals surface area contributed by atoms with Crippen LogP contribution in [0.1, 0.15) is 38.7 Å². The number of methoxy groups -OCH3 is 2. The Kier molecular flexibility index (Phi) is 12.6. The number of aryl methyl sites for hydroxylation is 1. The smallest absolute Gasteiger partial charge is 0.308 e. The predicted octanol–water partition coefficient (Wildman–Crippen LogP) is 3.50. The van der Waals surface area contributed by atoms with E-state index >= 15 is 0 Å². The van der Waals surface area contributed by atoms with E-state index in [1.54, 1.807) is 7.11 Å². The van der Waals surface area contributed by atoms with Gasteiger partial charge in [-0.25, -0.2) is 0 Å². The van der Waals surface area contributed by atoms with Gasteiger partial charge >= 0.3 is 5.97 Å². The first kappa shape index (κ1) is 26.3. The summed E-state index contributed by atoms with van der Waals surface area (Å²) in [5.74, 6) is 2.39. The molecule has 170 valence electrons. The van der Waals surface area contributed by atoms with Crippen molar-refractivity contribution in [3.63, 3.8) is 0 Å². The van der Waals surface area contributed by atoms with Crippen LogP contribution in [0.15, 0.2) is 23.2 Å². The van der Waals surface area contributed by atoms with Crippen molar-refractivity contribution in [2.24, 2.45) is 10.9 Å². The van der Waals surface area contributed by atoms with Gasteiger partial charge in [0, 0.05) is 26.2 Å². The standard InChI is InChI=1S/C22H35N3O4.HI/c1-5-23-22(25-14-11-18(12-15-25)21(26)28-4)24-13-7-8-17-9-10-19(27-3)20(16-17)29-6-2;/h9-10,16,18H,5-8,11-15H2,1-4H3,(H,23,24);1H. The highest BCUT2D eigenvalue weighted by atomic mass is 127. The Morgan fingerprint density at radius 3 is 2.53 bits per heavy atom. The Hall–Kier alpha value is -1.71. The van der Waals surface area contributed by atoms with E-state index < -0.39 is 0 Å². The van der Waals surface area contributed by atoms with Crippen molar-refractivity contribution in [2.45, 2.75) is 39.5 Å². The van der Waals surface area contributed by atoms with E-state index in [1.165, 1.54) is 12.7 Å². The minimum atomic E-state index is -0.0995. The van der Waals surface area contributed by atoms with Crippen LogP contribution in [0.4, 0.5) is 0 Å².